The molecule has 1 amide bonds. The molecular formula is C16H30N2O3. The number of hydrogen-bond acceptors (Lipinski definition) is 4. The van der Waals surface area contributed by atoms with Crippen LogP contribution in [0.4, 0.5) is 0 Å². The number of carbonyl (C=O) groups is 1. The van der Waals surface area contributed by atoms with E-state index in [4.69, 9.17) is 4.74 Å². The van der Waals surface area contributed by atoms with Crippen molar-refractivity contribution in [2.75, 3.05) is 39.3 Å². The maximum atomic E-state index is 12.2. The van der Waals surface area contributed by atoms with E-state index < -0.39 is 5.60 Å². The van der Waals surface area contributed by atoms with Crippen LogP contribution >= 0.6 is 0 Å². The molecule has 1 N–H and O–H groups in total. The molecule has 2 rings (SSSR count). The lowest BCUT2D eigenvalue weighted by atomic mass is 10.0. The van der Waals surface area contributed by atoms with Gasteiger partial charge in [0.2, 0.25) is 5.91 Å². The van der Waals surface area contributed by atoms with E-state index in [-0.39, 0.29) is 5.91 Å². The predicted octanol–water partition coefficient (Wildman–Crippen LogP) is 1.25. The van der Waals surface area contributed by atoms with Crippen LogP contribution in [0.1, 0.15) is 46.0 Å². The standard InChI is InChI=1S/C16H30N2O3/c1-16(2,20)13-17-8-10-18(11-9-17)15(19)7-6-14-5-3-4-12-21-14/h14,20H,3-13H2,1-2H3. The molecule has 0 aliphatic carbocycles. The second kappa shape index (κ2) is 7.56. The lowest BCUT2D eigenvalue weighted by Gasteiger charge is -2.37. The number of aliphatic hydroxyl groups is 1. The van der Waals surface area contributed by atoms with Crippen LogP contribution in [0.5, 0.6) is 0 Å². The molecule has 2 fully saturated rings. The highest BCUT2D eigenvalue weighted by atomic mass is 16.5. The van der Waals surface area contributed by atoms with Crippen molar-refractivity contribution in [2.45, 2.75) is 57.7 Å². The number of amides is 1. The van der Waals surface area contributed by atoms with Crippen molar-refractivity contribution in [1.29, 1.82) is 0 Å². The summed E-state index contributed by atoms with van der Waals surface area (Å²) in [6.45, 7) is 8.45. The van der Waals surface area contributed by atoms with E-state index in [2.05, 4.69) is 4.90 Å². The Morgan fingerprint density at radius 3 is 2.52 bits per heavy atom. The Labute approximate surface area is 128 Å². The number of piperazine rings is 1. The van der Waals surface area contributed by atoms with E-state index in [1.54, 1.807) is 0 Å². The first-order valence-electron chi connectivity index (χ1n) is 8.28. The molecule has 2 aliphatic heterocycles. The molecule has 0 radical (unpaired) electrons. The summed E-state index contributed by atoms with van der Waals surface area (Å²) in [4.78, 5) is 16.4. The number of nitrogens with zero attached hydrogens (tertiary/aromatic N) is 2. The zero-order valence-corrected chi connectivity index (χ0v) is 13.5. The number of rotatable bonds is 5. The van der Waals surface area contributed by atoms with Crippen molar-refractivity contribution in [3.63, 3.8) is 0 Å². The van der Waals surface area contributed by atoms with E-state index in [0.717, 1.165) is 52.0 Å². The highest BCUT2D eigenvalue weighted by molar-refractivity contribution is 5.76. The van der Waals surface area contributed by atoms with E-state index in [9.17, 15) is 9.90 Å². The van der Waals surface area contributed by atoms with Crippen molar-refractivity contribution in [2.24, 2.45) is 0 Å². The van der Waals surface area contributed by atoms with Crippen molar-refractivity contribution in [1.82, 2.24) is 9.80 Å². The van der Waals surface area contributed by atoms with Crippen LogP contribution in [0, 0.1) is 0 Å². The smallest absolute Gasteiger partial charge is 0.222 e. The summed E-state index contributed by atoms with van der Waals surface area (Å²) < 4.78 is 5.68. The molecule has 0 aromatic carbocycles. The minimum atomic E-state index is -0.662. The van der Waals surface area contributed by atoms with E-state index >= 15 is 0 Å². The average molecular weight is 298 g/mol. The summed E-state index contributed by atoms with van der Waals surface area (Å²) in [6, 6.07) is 0. The molecule has 1 atom stereocenters. The summed E-state index contributed by atoms with van der Waals surface area (Å²) in [5, 5.41) is 9.84. The van der Waals surface area contributed by atoms with Crippen LogP contribution in [0.2, 0.25) is 0 Å². The minimum Gasteiger partial charge on any atom is -0.389 e. The maximum absolute atomic E-state index is 12.2. The zero-order valence-electron chi connectivity index (χ0n) is 13.5. The molecule has 0 saturated carbocycles. The lowest BCUT2D eigenvalue weighted by molar-refractivity contribution is -0.134. The quantitative estimate of drug-likeness (QED) is 0.830. The average Bonchev–Trinajstić information content (AvgIpc) is 2.45. The van der Waals surface area contributed by atoms with Gasteiger partial charge in [-0.3, -0.25) is 9.69 Å². The molecule has 2 aliphatic rings. The second-order valence-electron chi connectivity index (χ2n) is 7.00. The van der Waals surface area contributed by atoms with Gasteiger partial charge >= 0.3 is 0 Å². The molecule has 0 bridgehead atoms. The Bertz CT molecular complexity index is 327. The van der Waals surface area contributed by atoms with Crippen LogP contribution in [0.3, 0.4) is 0 Å². The fourth-order valence-corrected chi connectivity index (χ4v) is 3.18. The highest BCUT2D eigenvalue weighted by Gasteiger charge is 2.25. The molecule has 122 valence electrons. The van der Waals surface area contributed by atoms with E-state index in [0.29, 0.717) is 19.1 Å². The van der Waals surface area contributed by atoms with Crippen molar-refractivity contribution in [3.05, 3.63) is 0 Å². The Balaban J connectivity index is 1.65. The summed E-state index contributed by atoms with van der Waals surface area (Å²) in [5.74, 6) is 0.257. The number of carbonyl (C=O) groups excluding carboxylic acids is 1. The first-order valence-corrected chi connectivity index (χ1v) is 8.28. The largest absolute Gasteiger partial charge is 0.389 e. The van der Waals surface area contributed by atoms with E-state index in [1.165, 1.54) is 6.42 Å². The Morgan fingerprint density at radius 1 is 1.24 bits per heavy atom. The lowest BCUT2D eigenvalue weighted by Crippen LogP contribution is -2.52. The predicted molar refractivity (Wildman–Crippen MR) is 82.1 cm³/mol. The minimum absolute atomic E-state index is 0.257. The van der Waals surface area contributed by atoms with Gasteiger partial charge in [-0.2, -0.15) is 0 Å². The molecule has 0 aromatic rings. The summed E-state index contributed by atoms with van der Waals surface area (Å²) >= 11 is 0. The second-order valence-corrected chi connectivity index (χ2v) is 7.00. The Kier molecular flexibility index (Phi) is 6.02. The van der Waals surface area contributed by atoms with Gasteiger partial charge in [0, 0.05) is 45.8 Å². The van der Waals surface area contributed by atoms with Crippen LogP contribution in [0.15, 0.2) is 0 Å². The summed E-state index contributed by atoms with van der Waals surface area (Å²) in [7, 11) is 0. The van der Waals surface area contributed by atoms with Crippen molar-refractivity contribution < 1.29 is 14.6 Å². The molecule has 21 heavy (non-hydrogen) atoms. The first kappa shape index (κ1) is 16.7. The zero-order chi connectivity index (χ0) is 15.3. The third-order valence-electron chi connectivity index (χ3n) is 4.29. The van der Waals surface area contributed by atoms with Gasteiger partial charge in [-0.15, -0.1) is 0 Å². The van der Waals surface area contributed by atoms with Gasteiger partial charge < -0.3 is 14.7 Å². The molecule has 2 heterocycles. The topological polar surface area (TPSA) is 53.0 Å². The molecule has 0 aromatic heterocycles. The van der Waals surface area contributed by atoms with Crippen LogP contribution < -0.4 is 0 Å². The Hall–Kier alpha value is -0.650. The molecule has 5 nitrogen and oxygen atoms in total. The molecule has 2 saturated heterocycles. The number of hydrogen-bond donors (Lipinski definition) is 1. The number of β-amino-alcohol motifs (C(OH)–C–C–N with tert-alkyl or cyclic N) is 1. The third-order valence-corrected chi connectivity index (χ3v) is 4.29. The molecule has 1 unspecified atom stereocenters. The van der Waals surface area contributed by atoms with Crippen molar-refractivity contribution >= 4 is 5.91 Å². The van der Waals surface area contributed by atoms with Crippen molar-refractivity contribution in [3.8, 4) is 0 Å². The summed E-state index contributed by atoms with van der Waals surface area (Å²) in [5.41, 5.74) is -0.662. The van der Waals surface area contributed by atoms with Gasteiger partial charge in [-0.1, -0.05) is 0 Å². The SMILES string of the molecule is CC(C)(O)CN1CCN(C(=O)CCC2CCCCO2)CC1. The maximum Gasteiger partial charge on any atom is 0.222 e. The fraction of sp³-hybridized carbons (Fsp3) is 0.938. The Morgan fingerprint density at radius 2 is 1.95 bits per heavy atom. The van der Waals surface area contributed by atoms with Crippen LogP contribution in [0.25, 0.3) is 0 Å². The van der Waals surface area contributed by atoms with Gasteiger partial charge in [-0.25, -0.2) is 0 Å². The monoisotopic (exact) mass is 298 g/mol. The van der Waals surface area contributed by atoms with Crippen LogP contribution in [-0.2, 0) is 9.53 Å². The van der Waals surface area contributed by atoms with Gasteiger partial charge in [-0.05, 0) is 39.5 Å². The fourth-order valence-electron chi connectivity index (χ4n) is 3.18. The first-order chi connectivity index (χ1) is 9.94. The molecule has 5 heteroatoms. The normalized spacial score (nSPS) is 25.1. The number of ether oxygens (including phenoxy) is 1. The van der Waals surface area contributed by atoms with Crippen LogP contribution in [-0.4, -0.2) is 71.8 Å². The highest BCUT2D eigenvalue weighted by Crippen LogP contribution is 2.18. The molecular weight excluding hydrogens is 268 g/mol. The summed E-state index contributed by atoms with van der Waals surface area (Å²) in [6.07, 6.45) is 5.26. The van der Waals surface area contributed by atoms with Gasteiger partial charge in [0.05, 0.1) is 11.7 Å². The van der Waals surface area contributed by atoms with Gasteiger partial charge in [0.25, 0.3) is 0 Å². The van der Waals surface area contributed by atoms with Gasteiger partial charge in [0.1, 0.15) is 0 Å². The van der Waals surface area contributed by atoms with Gasteiger partial charge in [0.15, 0.2) is 0 Å². The third kappa shape index (κ3) is 5.93. The van der Waals surface area contributed by atoms with E-state index in [1.807, 2.05) is 18.7 Å². The molecule has 0 spiro atoms.